The Morgan fingerprint density at radius 1 is 1.10 bits per heavy atom. The van der Waals surface area contributed by atoms with Gasteiger partial charge in [0.2, 0.25) is 11.2 Å². The van der Waals surface area contributed by atoms with Crippen molar-refractivity contribution in [2.75, 3.05) is 20.8 Å². The zero-order chi connectivity index (χ0) is 22.5. The Bertz CT molecular complexity index is 1150. The Hall–Kier alpha value is -3.48. The Kier molecular flexibility index (Phi) is 6.84. The van der Waals surface area contributed by atoms with Crippen molar-refractivity contribution >= 4 is 16.9 Å². The molecule has 1 N–H and O–H groups in total. The van der Waals surface area contributed by atoms with Gasteiger partial charge in [0, 0.05) is 11.6 Å². The Labute approximate surface area is 180 Å². The third-order valence-electron chi connectivity index (χ3n) is 5.02. The van der Waals surface area contributed by atoms with Crippen LogP contribution in [0.2, 0.25) is 0 Å². The molecule has 0 aliphatic rings. The monoisotopic (exact) mass is 425 g/mol. The highest BCUT2D eigenvalue weighted by Crippen LogP contribution is 2.36. The molecule has 7 heteroatoms. The molecule has 1 heterocycles. The van der Waals surface area contributed by atoms with E-state index < -0.39 is 0 Å². The van der Waals surface area contributed by atoms with Crippen LogP contribution in [0.1, 0.15) is 25.8 Å². The van der Waals surface area contributed by atoms with Crippen molar-refractivity contribution in [3.05, 3.63) is 52.2 Å². The summed E-state index contributed by atoms with van der Waals surface area (Å²) in [6, 6.07) is 10.5. The minimum Gasteiger partial charge on any atom is -0.493 e. The third kappa shape index (κ3) is 4.82. The standard InChI is InChI=1S/C24H27NO6/c1-6-15(3)25-21(26)13-30-24-22(27)17-9-7-14(2)11-19(17)31-23(24)16-8-10-18(28-4)20(12-16)29-5/h7-12,15H,6,13H2,1-5H3,(H,25,26)/t15-/m1/s1. The summed E-state index contributed by atoms with van der Waals surface area (Å²) in [7, 11) is 3.07. The Morgan fingerprint density at radius 3 is 2.52 bits per heavy atom. The van der Waals surface area contributed by atoms with Crippen molar-refractivity contribution in [3.63, 3.8) is 0 Å². The molecule has 1 amide bonds. The SMILES string of the molecule is CC[C@@H](C)NC(=O)COc1c(-c2ccc(OC)c(OC)c2)oc2cc(C)ccc2c1=O. The van der Waals surface area contributed by atoms with Crippen molar-refractivity contribution in [3.8, 4) is 28.6 Å². The van der Waals surface area contributed by atoms with E-state index in [-0.39, 0.29) is 35.5 Å². The molecule has 0 fully saturated rings. The van der Waals surface area contributed by atoms with Gasteiger partial charge in [-0.05, 0) is 56.2 Å². The second kappa shape index (κ2) is 9.55. The molecule has 0 bridgehead atoms. The Balaban J connectivity index is 2.11. The van der Waals surface area contributed by atoms with Gasteiger partial charge in [-0.1, -0.05) is 13.0 Å². The molecule has 1 aromatic heterocycles. The number of fused-ring (bicyclic) bond motifs is 1. The summed E-state index contributed by atoms with van der Waals surface area (Å²) in [6.45, 7) is 5.49. The summed E-state index contributed by atoms with van der Waals surface area (Å²) in [6.07, 6.45) is 0.792. The van der Waals surface area contributed by atoms with Gasteiger partial charge in [0.15, 0.2) is 23.9 Å². The van der Waals surface area contributed by atoms with Crippen molar-refractivity contribution in [2.45, 2.75) is 33.2 Å². The fourth-order valence-corrected chi connectivity index (χ4v) is 3.14. The molecule has 3 rings (SSSR count). The first-order valence-electron chi connectivity index (χ1n) is 10.1. The van der Waals surface area contributed by atoms with E-state index in [1.165, 1.54) is 7.11 Å². The molecule has 0 saturated carbocycles. The molecule has 2 aromatic carbocycles. The first-order chi connectivity index (χ1) is 14.9. The lowest BCUT2D eigenvalue weighted by atomic mass is 10.1. The summed E-state index contributed by atoms with van der Waals surface area (Å²) in [5.74, 6) is 0.910. The molecule has 31 heavy (non-hydrogen) atoms. The summed E-state index contributed by atoms with van der Waals surface area (Å²) in [4.78, 5) is 25.5. The van der Waals surface area contributed by atoms with Crippen LogP contribution in [0.5, 0.6) is 17.2 Å². The molecule has 0 spiro atoms. The average molecular weight is 425 g/mol. The van der Waals surface area contributed by atoms with Gasteiger partial charge in [-0.2, -0.15) is 0 Å². The van der Waals surface area contributed by atoms with Crippen molar-refractivity contribution < 1.29 is 23.4 Å². The molecule has 164 valence electrons. The maximum absolute atomic E-state index is 13.2. The van der Waals surface area contributed by atoms with Crippen LogP contribution in [0.25, 0.3) is 22.3 Å². The van der Waals surface area contributed by atoms with E-state index in [1.807, 2.05) is 26.8 Å². The van der Waals surface area contributed by atoms with Crippen LogP contribution < -0.4 is 25.0 Å². The fraction of sp³-hybridized carbons (Fsp3) is 0.333. The average Bonchev–Trinajstić information content (AvgIpc) is 2.77. The van der Waals surface area contributed by atoms with Gasteiger partial charge in [-0.15, -0.1) is 0 Å². The summed E-state index contributed by atoms with van der Waals surface area (Å²) in [5, 5.41) is 3.20. The molecule has 7 nitrogen and oxygen atoms in total. The molecule has 3 aromatic rings. The molecular weight excluding hydrogens is 398 g/mol. The van der Waals surface area contributed by atoms with Crippen LogP contribution >= 0.6 is 0 Å². The number of aryl methyl sites for hydroxylation is 1. The molecular formula is C24H27NO6. The number of carbonyl (C=O) groups excluding carboxylic acids is 1. The molecule has 0 radical (unpaired) electrons. The number of nitrogens with one attached hydrogen (secondary N) is 1. The van der Waals surface area contributed by atoms with E-state index in [9.17, 15) is 9.59 Å². The highest BCUT2D eigenvalue weighted by molar-refractivity contribution is 5.83. The molecule has 1 atom stereocenters. The van der Waals surface area contributed by atoms with E-state index in [1.54, 1.807) is 37.4 Å². The highest BCUT2D eigenvalue weighted by atomic mass is 16.5. The lowest BCUT2D eigenvalue weighted by Crippen LogP contribution is -2.36. The van der Waals surface area contributed by atoms with Gasteiger partial charge in [0.1, 0.15) is 5.58 Å². The quantitative estimate of drug-likeness (QED) is 0.585. The van der Waals surface area contributed by atoms with E-state index in [0.717, 1.165) is 12.0 Å². The maximum atomic E-state index is 13.2. The number of ether oxygens (including phenoxy) is 3. The van der Waals surface area contributed by atoms with Crippen molar-refractivity contribution in [2.24, 2.45) is 0 Å². The minimum atomic E-state index is -0.345. The van der Waals surface area contributed by atoms with Gasteiger partial charge in [0.25, 0.3) is 5.91 Å². The predicted molar refractivity (Wildman–Crippen MR) is 119 cm³/mol. The van der Waals surface area contributed by atoms with E-state index in [2.05, 4.69) is 5.32 Å². The largest absolute Gasteiger partial charge is 0.493 e. The number of rotatable bonds is 8. The number of amides is 1. The molecule has 0 unspecified atom stereocenters. The fourth-order valence-electron chi connectivity index (χ4n) is 3.14. The van der Waals surface area contributed by atoms with Crippen molar-refractivity contribution in [1.29, 1.82) is 0 Å². The molecule has 0 aliphatic heterocycles. The van der Waals surface area contributed by atoms with Crippen LogP contribution in [0.15, 0.2) is 45.6 Å². The number of methoxy groups -OCH3 is 2. The van der Waals surface area contributed by atoms with E-state index >= 15 is 0 Å². The molecule has 0 aliphatic carbocycles. The predicted octanol–water partition coefficient (Wildman–Crippen LogP) is 4.08. The van der Waals surface area contributed by atoms with E-state index in [0.29, 0.717) is 28.0 Å². The van der Waals surface area contributed by atoms with Crippen LogP contribution in [0, 0.1) is 6.92 Å². The Morgan fingerprint density at radius 2 is 1.84 bits per heavy atom. The third-order valence-corrected chi connectivity index (χ3v) is 5.02. The van der Waals surface area contributed by atoms with Crippen LogP contribution in [-0.2, 0) is 4.79 Å². The van der Waals surface area contributed by atoms with Gasteiger partial charge in [0.05, 0.1) is 19.6 Å². The van der Waals surface area contributed by atoms with Gasteiger partial charge in [-0.3, -0.25) is 9.59 Å². The lowest BCUT2D eigenvalue weighted by molar-refractivity contribution is -0.123. The summed E-state index contributed by atoms with van der Waals surface area (Å²) >= 11 is 0. The highest BCUT2D eigenvalue weighted by Gasteiger charge is 2.20. The number of hydrogen-bond acceptors (Lipinski definition) is 6. The summed E-state index contributed by atoms with van der Waals surface area (Å²) < 4.78 is 22.5. The minimum absolute atomic E-state index is 0.0115. The number of hydrogen-bond donors (Lipinski definition) is 1. The normalized spacial score (nSPS) is 11.8. The molecule has 0 saturated heterocycles. The first-order valence-corrected chi connectivity index (χ1v) is 10.1. The maximum Gasteiger partial charge on any atom is 0.258 e. The van der Waals surface area contributed by atoms with Gasteiger partial charge >= 0.3 is 0 Å². The van der Waals surface area contributed by atoms with Crippen molar-refractivity contribution in [1.82, 2.24) is 5.32 Å². The zero-order valence-electron chi connectivity index (χ0n) is 18.4. The zero-order valence-corrected chi connectivity index (χ0v) is 18.4. The topological polar surface area (TPSA) is 87.0 Å². The first kappa shape index (κ1) is 22.2. The van der Waals surface area contributed by atoms with Gasteiger partial charge in [-0.25, -0.2) is 0 Å². The van der Waals surface area contributed by atoms with E-state index in [4.69, 9.17) is 18.6 Å². The van der Waals surface area contributed by atoms with Gasteiger partial charge < -0.3 is 23.9 Å². The number of benzene rings is 2. The van der Waals surface area contributed by atoms with Crippen LogP contribution in [-0.4, -0.2) is 32.8 Å². The second-order valence-electron chi connectivity index (χ2n) is 7.32. The summed E-state index contributed by atoms with van der Waals surface area (Å²) in [5.41, 5.74) is 1.61. The smallest absolute Gasteiger partial charge is 0.258 e. The second-order valence-corrected chi connectivity index (χ2v) is 7.32. The van der Waals surface area contributed by atoms with Crippen LogP contribution in [0.4, 0.5) is 0 Å². The van der Waals surface area contributed by atoms with Crippen LogP contribution in [0.3, 0.4) is 0 Å². The lowest BCUT2D eigenvalue weighted by Gasteiger charge is -2.15. The number of carbonyl (C=O) groups is 1.